The van der Waals surface area contributed by atoms with Crippen molar-refractivity contribution in [2.75, 3.05) is 11.4 Å². The number of H-pyrrole nitrogens is 1. The molecule has 0 saturated carbocycles. The van der Waals surface area contributed by atoms with Gasteiger partial charge in [0.05, 0.1) is 5.69 Å². The molecule has 0 aliphatic carbocycles. The fourth-order valence-corrected chi connectivity index (χ4v) is 3.82. The number of amides is 1. The van der Waals surface area contributed by atoms with E-state index < -0.39 is 0 Å². The zero-order chi connectivity index (χ0) is 17.6. The number of nitrogens with zero attached hydrogens (tertiary/aromatic N) is 2. The van der Waals surface area contributed by atoms with Gasteiger partial charge in [-0.2, -0.15) is 0 Å². The van der Waals surface area contributed by atoms with Gasteiger partial charge in [0.1, 0.15) is 0 Å². The second-order valence-electron chi connectivity index (χ2n) is 7.13. The zero-order valence-electron chi connectivity index (χ0n) is 15.0. The maximum atomic E-state index is 12.1. The molecule has 1 saturated heterocycles. The monoisotopic (exact) mass is 333 g/mol. The normalized spacial score (nSPS) is 14.9. The summed E-state index contributed by atoms with van der Waals surface area (Å²) in [6.45, 7) is 7.27. The van der Waals surface area contributed by atoms with Gasteiger partial charge in [-0.1, -0.05) is 13.8 Å². The van der Waals surface area contributed by atoms with E-state index in [9.17, 15) is 4.79 Å². The molecule has 1 aromatic carbocycles. The first kappa shape index (κ1) is 15.9. The van der Waals surface area contributed by atoms with E-state index in [0.29, 0.717) is 12.3 Å². The highest BCUT2D eigenvalue weighted by molar-refractivity contribution is 5.99. The first-order chi connectivity index (χ1) is 12.0. The van der Waals surface area contributed by atoms with Gasteiger partial charge in [0, 0.05) is 47.0 Å². The van der Waals surface area contributed by atoms with Crippen molar-refractivity contribution in [3.8, 4) is 11.3 Å². The highest BCUT2D eigenvalue weighted by Crippen LogP contribution is 2.37. The molecule has 0 spiro atoms. The van der Waals surface area contributed by atoms with Crippen LogP contribution in [0.5, 0.6) is 0 Å². The number of fused-ring (bicyclic) bond motifs is 1. The summed E-state index contributed by atoms with van der Waals surface area (Å²) in [5.74, 6) is 0.604. The molecule has 0 radical (unpaired) electrons. The van der Waals surface area contributed by atoms with E-state index in [4.69, 9.17) is 0 Å². The Morgan fingerprint density at radius 3 is 2.72 bits per heavy atom. The maximum absolute atomic E-state index is 12.1. The molecule has 25 heavy (non-hydrogen) atoms. The van der Waals surface area contributed by atoms with Crippen LogP contribution < -0.4 is 4.90 Å². The minimum Gasteiger partial charge on any atom is -0.354 e. The smallest absolute Gasteiger partial charge is 0.227 e. The highest BCUT2D eigenvalue weighted by Gasteiger charge is 2.23. The number of carbonyl (C=O) groups is 1. The molecular weight excluding hydrogens is 310 g/mol. The van der Waals surface area contributed by atoms with Gasteiger partial charge in [-0.3, -0.25) is 9.78 Å². The third kappa shape index (κ3) is 2.72. The van der Waals surface area contributed by atoms with Gasteiger partial charge in [0.15, 0.2) is 0 Å². The summed E-state index contributed by atoms with van der Waals surface area (Å²) in [5, 5.41) is 1.21. The van der Waals surface area contributed by atoms with Gasteiger partial charge in [0.25, 0.3) is 0 Å². The topological polar surface area (TPSA) is 49.0 Å². The summed E-state index contributed by atoms with van der Waals surface area (Å²) in [5.41, 5.74) is 6.74. The summed E-state index contributed by atoms with van der Waals surface area (Å²) in [4.78, 5) is 21.9. The largest absolute Gasteiger partial charge is 0.354 e. The zero-order valence-corrected chi connectivity index (χ0v) is 15.0. The first-order valence-electron chi connectivity index (χ1n) is 8.93. The molecule has 1 N–H and O–H groups in total. The average molecular weight is 333 g/mol. The molecule has 128 valence electrons. The van der Waals surface area contributed by atoms with Crippen LogP contribution in [0.2, 0.25) is 0 Å². The molecular formula is C21H23N3O. The fraction of sp³-hybridized carbons (Fsp3) is 0.333. The Morgan fingerprint density at radius 1 is 1.20 bits per heavy atom. The number of anilines is 1. The van der Waals surface area contributed by atoms with Gasteiger partial charge < -0.3 is 9.88 Å². The summed E-state index contributed by atoms with van der Waals surface area (Å²) < 4.78 is 0. The standard InChI is InChI=1S/C21H23N3O/c1-13(2)20-17-12-16(24-10-4-5-19(24)25)6-7-18(17)23-21(20)15-8-9-22-14(3)11-15/h6-9,11-13,23H,4-5,10H2,1-3H3. The Kier molecular flexibility index (Phi) is 3.83. The molecule has 1 fully saturated rings. The lowest BCUT2D eigenvalue weighted by Gasteiger charge is -2.16. The maximum Gasteiger partial charge on any atom is 0.227 e. The molecule has 0 unspecified atom stereocenters. The van der Waals surface area contributed by atoms with Crippen LogP contribution in [0.1, 0.15) is 43.9 Å². The molecule has 0 atom stereocenters. The van der Waals surface area contributed by atoms with Crippen molar-refractivity contribution in [1.82, 2.24) is 9.97 Å². The minimum absolute atomic E-state index is 0.228. The van der Waals surface area contributed by atoms with E-state index in [0.717, 1.165) is 41.1 Å². The van der Waals surface area contributed by atoms with Crippen LogP contribution in [-0.4, -0.2) is 22.4 Å². The van der Waals surface area contributed by atoms with E-state index in [1.54, 1.807) is 0 Å². The molecule has 4 rings (SSSR count). The second kappa shape index (κ2) is 6.03. The van der Waals surface area contributed by atoms with Crippen LogP contribution in [0.25, 0.3) is 22.2 Å². The number of carbonyl (C=O) groups excluding carboxylic acids is 1. The van der Waals surface area contributed by atoms with Crippen molar-refractivity contribution in [3.63, 3.8) is 0 Å². The van der Waals surface area contributed by atoms with Crippen LogP contribution in [0.4, 0.5) is 5.69 Å². The Hall–Kier alpha value is -2.62. The number of aromatic amines is 1. The van der Waals surface area contributed by atoms with Gasteiger partial charge in [-0.25, -0.2) is 0 Å². The lowest BCUT2D eigenvalue weighted by atomic mass is 9.96. The first-order valence-corrected chi connectivity index (χ1v) is 8.93. The number of nitrogens with one attached hydrogen (secondary N) is 1. The van der Waals surface area contributed by atoms with Crippen LogP contribution in [0.3, 0.4) is 0 Å². The molecule has 4 nitrogen and oxygen atoms in total. The van der Waals surface area contributed by atoms with Gasteiger partial charge in [-0.15, -0.1) is 0 Å². The molecule has 1 amide bonds. The Labute approximate surface area is 147 Å². The fourth-order valence-electron chi connectivity index (χ4n) is 3.82. The summed E-state index contributed by atoms with van der Waals surface area (Å²) in [6.07, 6.45) is 3.46. The van der Waals surface area contributed by atoms with Crippen molar-refractivity contribution < 1.29 is 4.79 Å². The quantitative estimate of drug-likeness (QED) is 0.749. The number of aryl methyl sites for hydroxylation is 1. The lowest BCUT2D eigenvalue weighted by molar-refractivity contribution is -0.117. The summed E-state index contributed by atoms with van der Waals surface area (Å²) in [7, 11) is 0. The molecule has 2 aromatic heterocycles. The highest BCUT2D eigenvalue weighted by atomic mass is 16.2. The van der Waals surface area contributed by atoms with Crippen LogP contribution in [-0.2, 0) is 4.79 Å². The Balaban J connectivity index is 1.90. The van der Waals surface area contributed by atoms with Gasteiger partial charge in [0.2, 0.25) is 5.91 Å². The summed E-state index contributed by atoms with van der Waals surface area (Å²) in [6, 6.07) is 10.5. The van der Waals surface area contributed by atoms with Crippen molar-refractivity contribution in [3.05, 3.63) is 47.8 Å². The minimum atomic E-state index is 0.228. The van der Waals surface area contributed by atoms with Crippen molar-refractivity contribution in [2.24, 2.45) is 0 Å². The number of pyridine rings is 1. The SMILES string of the molecule is Cc1cc(-c2[nH]c3ccc(N4CCCC4=O)cc3c2C(C)C)ccn1. The lowest BCUT2D eigenvalue weighted by Crippen LogP contribution is -2.23. The van der Waals surface area contributed by atoms with Crippen LogP contribution in [0, 0.1) is 6.92 Å². The number of rotatable bonds is 3. The number of hydrogen-bond acceptors (Lipinski definition) is 2. The Morgan fingerprint density at radius 2 is 2.04 bits per heavy atom. The van der Waals surface area contributed by atoms with Crippen molar-refractivity contribution in [2.45, 2.75) is 39.5 Å². The summed E-state index contributed by atoms with van der Waals surface area (Å²) >= 11 is 0. The van der Waals surface area contributed by atoms with Crippen LogP contribution >= 0.6 is 0 Å². The second-order valence-corrected chi connectivity index (χ2v) is 7.13. The molecule has 1 aliphatic heterocycles. The third-order valence-electron chi connectivity index (χ3n) is 4.97. The molecule has 0 bridgehead atoms. The van der Waals surface area contributed by atoms with Crippen molar-refractivity contribution in [1.29, 1.82) is 0 Å². The van der Waals surface area contributed by atoms with E-state index in [1.807, 2.05) is 24.1 Å². The van der Waals surface area contributed by atoms with E-state index >= 15 is 0 Å². The molecule has 4 heteroatoms. The van der Waals surface area contributed by atoms with Gasteiger partial charge >= 0.3 is 0 Å². The van der Waals surface area contributed by atoms with E-state index in [2.05, 4.69) is 48.1 Å². The average Bonchev–Trinajstić information content (AvgIpc) is 3.17. The van der Waals surface area contributed by atoms with E-state index in [-0.39, 0.29) is 5.91 Å². The number of hydrogen-bond donors (Lipinski definition) is 1. The predicted octanol–water partition coefficient (Wildman–Crippen LogP) is 4.79. The molecule has 1 aliphatic rings. The van der Waals surface area contributed by atoms with Crippen LogP contribution in [0.15, 0.2) is 36.5 Å². The van der Waals surface area contributed by atoms with Crippen molar-refractivity contribution >= 4 is 22.5 Å². The number of aromatic nitrogens is 2. The third-order valence-corrected chi connectivity index (χ3v) is 4.97. The van der Waals surface area contributed by atoms with Gasteiger partial charge in [-0.05, 0) is 55.2 Å². The number of benzene rings is 1. The predicted molar refractivity (Wildman–Crippen MR) is 102 cm³/mol. The molecule has 3 aromatic rings. The Bertz CT molecular complexity index is 955. The molecule has 3 heterocycles. The van der Waals surface area contributed by atoms with E-state index in [1.165, 1.54) is 10.9 Å².